The summed E-state index contributed by atoms with van der Waals surface area (Å²) in [5.74, 6) is 1.58. The van der Waals surface area contributed by atoms with E-state index in [2.05, 4.69) is 160 Å². The van der Waals surface area contributed by atoms with E-state index < -0.39 is 0 Å². The Labute approximate surface area is 460 Å². The van der Waals surface area contributed by atoms with E-state index in [-0.39, 0.29) is 17.5 Å². The molecule has 1 spiro atoms. The molecule has 4 aliphatic heterocycles. The highest BCUT2D eigenvalue weighted by Gasteiger charge is 2.47. The molecule has 12 nitrogen and oxygen atoms in total. The van der Waals surface area contributed by atoms with Gasteiger partial charge in [0.2, 0.25) is 0 Å². The molecule has 0 saturated carbocycles. The smallest absolute Gasteiger partial charge is 0.137 e. The Morgan fingerprint density at radius 1 is 1.05 bits per heavy atom. The Morgan fingerprint density at radius 3 is 2.24 bits per heavy atom. The minimum atomic E-state index is -0.147. The number of likely N-dealkylation sites (tertiary alicyclic amines) is 2. The summed E-state index contributed by atoms with van der Waals surface area (Å²) < 4.78 is 9.02. The van der Waals surface area contributed by atoms with Crippen molar-refractivity contribution in [3.8, 4) is 11.3 Å². The molecule has 418 valence electrons. The fraction of sp³-hybridized carbons (Fsp3) is 0.565. The maximum atomic E-state index is 10.3. The Bertz CT molecular complexity index is 2340. The molecule has 1 aromatic carbocycles. The third kappa shape index (κ3) is 17.6. The van der Waals surface area contributed by atoms with Gasteiger partial charge in [-0.3, -0.25) is 9.88 Å². The number of fused-ring (bicyclic) bond motifs is 3. The number of carbonyl (C=O) groups excluding carboxylic acids is 1. The number of nitrogens with zero attached hydrogens (tertiary/aromatic N) is 8. The second kappa shape index (κ2) is 32.7. The van der Waals surface area contributed by atoms with E-state index >= 15 is 0 Å². The highest BCUT2D eigenvalue weighted by molar-refractivity contribution is 8.13. The van der Waals surface area contributed by atoms with Crippen LogP contribution >= 0.6 is 11.8 Å². The van der Waals surface area contributed by atoms with Gasteiger partial charge in [0, 0.05) is 79.1 Å². The highest BCUT2D eigenvalue weighted by Crippen LogP contribution is 2.43. The molecule has 3 unspecified atom stereocenters. The SMILES string of the molecule is C=C1OCC(C)(C)Cc2c(-c3cccnc3C(C)CC)n(CC)c3ccc(cc23)/C(=C/C)N=C(SC)CN(C)N2CCC[C@@H]1N2.C=CC.C=CC(=C)N1CC[C@@]2(CCN2C=C)C1.CC.CC(C)C(C=O)N(C)C.CN. The van der Waals surface area contributed by atoms with Crippen molar-refractivity contribution in [1.29, 1.82) is 0 Å². The number of benzene rings is 1. The van der Waals surface area contributed by atoms with Crippen LogP contribution in [0.4, 0.5) is 0 Å². The van der Waals surface area contributed by atoms with Crippen LogP contribution in [0.5, 0.6) is 0 Å². The van der Waals surface area contributed by atoms with Crippen molar-refractivity contribution in [2.24, 2.45) is 22.1 Å². The van der Waals surface area contributed by atoms with Gasteiger partial charge in [0.1, 0.15) is 12.0 Å². The first-order valence-electron chi connectivity index (χ1n) is 27.5. The minimum Gasteiger partial charge on any atom is -0.496 e. The Hall–Kier alpha value is -4.76. The zero-order chi connectivity index (χ0) is 56.6. The fourth-order valence-electron chi connectivity index (χ4n) is 10.0. The lowest BCUT2D eigenvalue weighted by Crippen LogP contribution is -2.58. The second-order valence-corrected chi connectivity index (χ2v) is 21.6. The number of nitrogens with one attached hydrogen (secondary N) is 1. The maximum absolute atomic E-state index is 10.3. The van der Waals surface area contributed by atoms with Crippen LogP contribution in [0.25, 0.3) is 27.9 Å². The average Bonchev–Trinajstić information content (AvgIpc) is 4.01. The van der Waals surface area contributed by atoms with Crippen molar-refractivity contribution in [3.63, 3.8) is 0 Å². The molecule has 3 aromatic rings. The van der Waals surface area contributed by atoms with Gasteiger partial charge in [0.05, 0.1) is 52.9 Å². The number of thioether (sulfide) groups is 1. The van der Waals surface area contributed by atoms with E-state index in [1.165, 1.54) is 53.3 Å². The average molecular weight is 1050 g/mol. The zero-order valence-corrected chi connectivity index (χ0v) is 50.6. The van der Waals surface area contributed by atoms with Crippen LogP contribution in [0.15, 0.2) is 110 Å². The third-order valence-electron chi connectivity index (χ3n) is 14.4. The van der Waals surface area contributed by atoms with Gasteiger partial charge in [-0.2, -0.15) is 5.12 Å². The van der Waals surface area contributed by atoms with E-state index in [1.807, 2.05) is 72.1 Å². The zero-order valence-electron chi connectivity index (χ0n) is 49.8. The summed E-state index contributed by atoms with van der Waals surface area (Å²) in [6, 6.07) is 11.4. The summed E-state index contributed by atoms with van der Waals surface area (Å²) in [6.07, 6.45) is 19.2. The number of carbonyl (C=O) groups is 1. The summed E-state index contributed by atoms with van der Waals surface area (Å²) >= 11 is 1.71. The second-order valence-electron chi connectivity index (χ2n) is 20.8. The van der Waals surface area contributed by atoms with Gasteiger partial charge in [-0.15, -0.1) is 18.3 Å². The van der Waals surface area contributed by atoms with Crippen LogP contribution < -0.4 is 11.2 Å². The number of hydrogen-bond acceptors (Lipinski definition) is 12. The van der Waals surface area contributed by atoms with E-state index in [0.29, 0.717) is 30.5 Å². The van der Waals surface area contributed by atoms with Gasteiger partial charge < -0.3 is 29.6 Å². The molecule has 3 N–H and O–H groups in total. The molecule has 0 radical (unpaired) electrons. The molecule has 2 aromatic heterocycles. The number of ether oxygens (including phenoxy) is 1. The molecule has 0 aliphatic carbocycles. The first-order valence-corrected chi connectivity index (χ1v) is 28.7. The number of hydrogen-bond donors (Lipinski definition) is 2. The lowest BCUT2D eigenvalue weighted by Gasteiger charge is -2.50. The number of likely N-dealkylation sites (N-methyl/N-ethyl adjacent to an activating group) is 1. The number of allylic oxidation sites excluding steroid dienone is 3. The van der Waals surface area contributed by atoms with Crippen LogP contribution in [0, 0.1) is 11.3 Å². The van der Waals surface area contributed by atoms with E-state index in [1.54, 1.807) is 17.8 Å². The number of rotatable bonds is 10. The number of aliphatic imine (C=N–C) groups is 1. The first kappa shape index (κ1) is 66.4. The van der Waals surface area contributed by atoms with E-state index in [4.69, 9.17) is 14.7 Å². The topological polar surface area (TPSA) is 111 Å². The number of pyridine rings is 1. The molecule has 6 heterocycles. The van der Waals surface area contributed by atoms with Gasteiger partial charge in [-0.1, -0.05) is 99.9 Å². The van der Waals surface area contributed by atoms with Gasteiger partial charge in [-0.05, 0) is 141 Å². The molecule has 5 atom stereocenters. The number of aromatic nitrogens is 2. The molecule has 3 saturated heterocycles. The van der Waals surface area contributed by atoms with E-state index in [0.717, 1.165) is 92.5 Å². The number of aldehydes is 1. The van der Waals surface area contributed by atoms with Crippen molar-refractivity contribution in [3.05, 3.63) is 122 Å². The van der Waals surface area contributed by atoms with E-state index in [9.17, 15) is 4.79 Å². The summed E-state index contributed by atoms with van der Waals surface area (Å²) in [5.41, 5.74) is 17.9. The fourth-order valence-corrected chi connectivity index (χ4v) is 10.5. The molecule has 7 rings (SSSR count). The van der Waals surface area contributed by atoms with Gasteiger partial charge in [0.25, 0.3) is 0 Å². The third-order valence-corrected chi connectivity index (χ3v) is 15.1. The highest BCUT2D eigenvalue weighted by atomic mass is 32.2. The van der Waals surface area contributed by atoms with Gasteiger partial charge in [-0.25, -0.2) is 15.4 Å². The molecular weight excluding hydrogens is 949 g/mol. The Kier molecular flexibility index (Phi) is 29.0. The van der Waals surface area contributed by atoms with Crippen molar-refractivity contribution >= 4 is 39.7 Å². The van der Waals surface area contributed by atoms with Crippen molar-refractivity contribution < 1.29 is 9.53 Å². The quantitative estimate of drug-likeness (QED) is 0.115. The Balaban J connectivity index is 0.000000521. The van der Waals surface area contributed by atoms with Crippen molar-refractivity contribution in [1.82, 2.24) is 39.8 Å². The molecule has 0 amide bonds. The predicted octanol–water partition coefficient (Wildman–Crippen LogP) is 12.8. The predicted molar refractivity (Wildman–Crippen MR) is 328 cm³/mol. The molecule has 75 heavy (non-hydrogen) atoms. The largest absolute Gasteiger partial charge is 0.496 e. The van der Waals surface area contributed by atoms with Gasteiger partial charge in [0.15, 0.2) is 0 Å². The normalized spacial score (nSPS) is 21.6. The van der Waals surface area contributed by atoms with Crippen molar-refractivity contribution in [2.75, 3.05) is 73.8 Å². The molecule has 4 bridgehead atoms. The van der Waals surface area contributed by atoms with Crippen LogP contribution in [-0.2, 0) is 22.5 Å². The molecule has 13 heteroatoms. The summed E-state index contributed by atoms with van der Waals surface area (Å²) in [7, 11) is 7.45. The van der Waals surface area contributed by atoms with Crippen LogP contribution in [0.1, 0.15) is 131 Å². The standard InChI is InChI=1S/C37H52N6OS.C12H18N2.C7H15NO.C3H6.C2H6.CH5N/c1-10-25(4)35-28(15-13-19-38-35)36-30-22-37(6,7)24-44-26(5)32-16-14-20-43(40-32)41(8)23-34(45-9)39-31(11-2)27-17-18-33(29(30)21-27)42(36)12-3;1-4-11(3)13-8-6-12(10-13)7-9-14(12)5-2;1-6(2)7(5-9)8(3)4;1-3-2;2*1-2/h11,13,15,17-19,21,25,32,40H,5,10,12,14,16,20,22-24H2,1-4,6-9H3;4-5H,1-3,6-10H2;5-7H,1-4H3;3H,1H2,2H3;1-2H3;2H2,1H3/b31-11-,39-34?;;;;;/t25?,32-;12-;;;;/m01..../s1. The summed E-state index contributed by atoms with van der Waals surface area (Å²) in [5, 5.41) is 6.77. The van der Waals surface area contributed by atoms with Crippen LogP contribution in [0.3, 0.4) is 0 Å². The molecule has 3 fully saturated rings. The van der Waals surface area contributed by atoms with Crippen LogP contribution in [-0.4, -0.2) is 137 Å². The lowest BCUT2D eigenvalue weighted by molar-refractivity contribution is -0.112. The van der Waals surface area contributed by atoms with Crippen LogP contribution in [0.2, 0.25) is 0 Å². The minimum absolute atomic E-state index is 0.0698. The summed E-state index contributed by atoms with van der Waals surface area (Å²) in [6.45, 7) is 49.3. The van der Waals surface area contributed by atoms with Gasteiger partial charge >= 0.3 is 0 Å². The molecular formula is C62H102N10O2S. The monoisotopic (exact) mass is 1050 g/mol. The number of aryl methyl sites for hydroxylation is 1. The summed E-state index contributed by atoms with van der Waals surface area (Å²) in [4.78, 5) is 27.1. The van der Waals surface area contributed by atoms with Crippen molar-refractivity contribution in [2.45, 2.75) is 145 Å². The number of nitrogens with two attached hydrogens (primary N) is 1. The molecule has 4 aliphatic rings. The number of hydrazine groups is 2. The Morgan fingerprint density at radius 2 is 1.72 bits per heavy atom. The first-order chi connectivity index (χ1) is 35.8. The lowest BCUT2D eigenvalue weighted by atomic mass is 9.83. The maximum Gasteiger partial charge on any atom is 0.137 e.